The van der Waals surface area contributed by atoms with E-state index in [1.165, 1.54) is 0 Å². The summed E-state index contributed by atoms with van der Waals surface area (Å²) in [6.07, 6.45) is 1.53. The van der Waals surface area contributed by atoms with E-state index in [9.17, 15) is 9.59 Å². The average Bonchev–Trinajstić information content (AvgIpc) is 3.32. The van der Waals surface area contributed by atoms with Gasteiger partial charge in [-0.15, -0.1) is 0 Å². The van der Waals surface area contributed by atoms with Crippen LogP contribution in [0.1, 0.15) is 28.9 Å². The highest BCUT2D eigenvalue weighted by atomic mass is 16.5. The van der Waals surface area contributed by atoms with Crippen molar-refractivity contribution in [2.45, 2.75) is 19.4 Å². The first-order valence-electron chi connectivity index (χ1n) is 8.98. The second-order valence-electron chi connectivity index (χ2n) is 6.63. The third kappa shape index (κ3) is 3.51. The molecule has 0 spiro atoms. The predicted octanol–water partition coefficient (Wildman–Crippen LogP) is 3.23. The lowest BCUT2D eigenvalue weighted by molar-refractivity contribution is -0.117. The highest BCUT2D eigenvalue weighted by molar-refractivity contribution is 5.98. The molecule has 1 fully saturated rings. The Labute approximate surface area is 157 Å². The highest BCUT2D eigenvalue weighted by Gasteiger charge is 2.21. The van der Waals surface area contributed by atoms with Gasteiger partial charge in [0, 0.05) is 42.2 Å². The van der Waals surface area contributed by atoms with Crippen molar-refractivity contribution in [3.63, 3.8) is 0 Å². The van der Waals surface area contributed by atoms with Crippen LogP contribution in [0.3, 0.4) is 0 Å². The minimum atomic E-state index is -0.163. The van der Waals surface area contributed by atoms with Crippen molar-refractivity contribution >= 4 is 28.4 Å². The van der Waals surface area contributed by atoms with E-state index in [0.717, 1.165) is 40.9 Å². The van der Waals surface area contributed by atoms with Crippen molar-refractivity contribution < 1.29 is 14.3 Å². The van der Waals surface area contributed by atoms with Crippen LogP contribution in [-0.2, 0) is 11.3 Å². The van der Waals surface area contributed by atoms with Crippen molar-refractivity contribution in [1.29, 1.82) is 0 Å². The molecule has 0 bridgehead atoms. The fraction of sp³-hybridized carbons (Fsp3) is 0.238. The third-order valence-corrected chi connectivity index (χ3v) is 4.85. The molecule has 1 saturated heterocycles. The number of anilines is 1. The molecule has 6 heteroatoms. The number of carbonyl (C=O) groups excluding carboxylic acids is 2. The highest BCUT2D eigenvalue weighted by Crippen LogP contribution is 2.22. The first-order valence-corrected chi connectivity index (χ1v) is 8.98. The van der Waals surface area contributed by atoms with Gasteiger partial charge in [0.25, 0.3) is 5.91 Å². The lowest BCUT2D eigenvalue weighted by Gasteiger charge is -2.16. The largest absolute Gasteiger partial charge is 0.497 e. The summed E-state index contributed by atoms with van der Waals surface area (Å²) in [6, 6.07) is 15.2. The first kappa shape index (κ1) is 17.1. The normalized spacial score (nSPS) is 14.0. The number of benzene rings is 2. The molecule has 1 aliphatic rings. The van der Waals surface area contributed by atoms with E-state index in [4.69, 9.17) is 4.74 Å². The Morgan fingerprint density at radius 1 is 1.19 bits per heavy atom. The minimum Gasteiger partial charge on any atom is -0.497 e. The van der Waals surface area contributed by atoms with Gasteiger partial charge in [-0.25, -0.2) is 0 Å². The molecule has 4 rings (SSSR count). The monoisotopic (exact) mass is 363 g/mol. The molecule has 27 heavy (non-hydrogen) atoms. The SMILES string of the molecule is COc1ccc2cc(C(=O)NCc3ccc(N4CCCC4=O)cc3)[nH]c2c1. The summed E-state index contributed by atoms with van der Waals surface area (Å²) in [4.78, 5) is 29.2. The van der Waals surface area contributed by atoms with Gasteiger partial charge in [0.15, 0.2) is 0 Å². The summed E-state index contributed by atoms with van der Waals surface area (Å²) >= 11 is 0. The number of rotatable bonds is 5. The van der Waals surface area contributed by atoms with Crippen LogP contribution in [0, 0.1) is 0 Å². The Bertz CT molecular complexity index is 992. The fourth-order valence-electron chi connectivity index (χ4n) is 3.35. The topological polar surface area (TPSA) is 74.4 Å². The number of hydrogen-bond acceptors (Lipinski definition) is 3. The van der Waals surface area contributed by atoms with Crippen LogP contribution in [0.25, 0.3) is 10.9 Å². The van der Waals surface area contributed by atoms with Gasteiger partial charge in [-0.05, 0) is 42.3 Å². The number of methoxy groups -OCH3 is 1. The van der Waals surface area contributed by atoms with Gasteiger partial charge in [-0.3, -0.25) is 9.59 Å². The van der Waals surface area contributed by atoms with Crippen LogP contribution in [0.5, 0.6) is 5.75 Å². The Kier molecular flexibility index (Phi) is 4.54. The van der Waals surface area contributed by atoms with Gasteiger partial charge >= 0.3 is 0 Å². The smallest absolute Gasteiger partial charge is 0.267 e. The average molecular weight is 363 g/mol. The summed E-state index contributed by atoms with van der Waals surface area (Å²) in [5.41, 5.74) is 3.27. The molecule has 0 atom stereocenters. The lowest BCUT2D eigenvalue weighted by Crippen LogP contribution is -2.24. The van der Waals surface area contributed by atoms with Crippen LogP contribution in [0.2, 0.25) is 0 Å². The maximum atomic E-state index is 12.4. The summed E-state index contributed by atoms with van der Waals surface area (Å²) in [6.45, 7) is 1.20. The van der Waals surface area contributed by atoms with Gasteiger partial charge in [0.1, 0.15) is 11.4 Å². The van der Waals surface area contributed by atoms with E-state index in [0.29, 0.717) is 18.7 Å². The van der Waals surface area contributed by atoms with E-state index in [1.54, 1.807) is 12.0 Å². The Balaban J connectivity index is 1.41. The molecule has 2 aromatic carbocycles. The molecule has 6 nitrogen and oxygen atoms in total. The van der Waals surface area contributed by atoms with Crippen LogP contribution >= 0.6 is 0 Å². The zero-order valence-corrected chi connectivity index (χ0v) is 15.1. The summed E-state index contributed by atoms with van der Waals surface area (Å²) < 4.78 is 5.21. The fourth-order valence-corrected chi connectivity index (χ4v) is 3.35. The van der Waals surface area contributed by atoms with Gasteiger partial charge in [0.05, 0.1) is 7.11 Å². The molecule has 3 aromatic rings. The van der Waals surface area contributed by atoms with E-state index in [-0.39, 0.29) is 11.8 Å². The maximum Gasteiger partial charge on any atom is 0.267 e. The number of aromatic nitrogens is 1. The molecule has 0 aliphatic carbocycles. The van der Waals surface area contributed by atoms with E-state index in [1.807, 2.05) is 48.5 Å². The molecule has 2 heterocycles. The summed E-state index contributed by atoms with van der Waals surface area (Å²) in [5.74, 6) is 0.753. The number of amides is 2. The standard InChI is InChI=1S/C21H21N3O3/c1-27-17-9-6-15-11-19(23-18(15)12-17)21(26)22-13-14-4-7-16(8-5-14)24-10-2-3-20(24)25/h4-9,11-12,23H,2-3,10,13H2,1H3,(H,22,26). The van der Waals surface area contributed by atoms with Crippen LogP contribution < -0.4 is 15.0 Å². The molecule has 0 saturated carbocycles. The lowest BCUT2D eigenvalue weighted by atomic mass is 10.2. The molecule has 138 valence electrons. The number of carbonyl (C=O) groups is 2. The van der Waals surface area contributed by atoms with Crippen LogP contribution in [-0.4, -0.2) is 30.5 Å². The van der Waals surface area contributed by atoms with E-state index < -0.39 is 0 Å². The molecule has 1 aliphatic heterocycles. The molecule has 0 unspecified atom stereocenters. The number of nitrogens with one attached hydrogen (secondary N) is 2. The molecular formula is C21H21N3O3. The number of fused-ring (bicyclic) bond motifs is 1. The van der Waals surface area contributed by atoms with Crippen molar-refractivity contribution in [3.8, 4) is 5.75 Å². The van der Waals surface area contributed by atoms with Gasteiger partial charge in [-0.2, -0.15) is 0 Å². The number of H-pyrrole nitrogens is 1. The van der Waals surface area contributed by atoms with E-state index in [2.05, 4.69) is 10.3 Å². The number of aromatic amines is 1. The van der Waals surface area contributed by atoms with Gasteiger partial charge in [0.2, 0.25) is 5.91 Å². The second kappa shape index (κ2) is 7.15. The van der Waals surface area contributed by atoms with Crippen molar-refractivity contribution in [3.05, 3.63) is 59.8 Å². The molecule has 2 N–H and O–H groups in total. The Hall–Kier alpha value is -3.28. The maximum absolute atomic E-state index is 12.4. The molecule has 2 amide bonds. The number of hydrogen-bond donors (Lipinski definition) is 2. The van der Waals surface area contributed by atoms with Crippen molar-refractivity contribution in [2.24, 2.45) is 0 Å². The number of ether oxygens (including phenoxy) is 1. The van der Waals surface area contributed by atoms with Gasteiger partial charge < -0.3 is 19.9 Å². The zero-order chi connectivity index (χ0) is 18.8. The summed E-state index contributed by atoms with van der Waals surface area (Å²) in [5, 5.41) is 3.88. The van der Waals surface area contributed by atoms with Crippen LogP contribution in [0.4, 0.5) is 5.69 Å². The van der Waals surface area contributed by atoms with Crippen molar-refractivity contribution in [1.82, 2.24) is 10.3 Å². The number of nitrogens with zero attached hydrogens (tertiary/aromatic N) is 1. The van der Waals surface area contributed by atoms with Crippen molar-refractivity contribution in [2.75, 3.05) is 18.6 Å². The molecule has 1 aromatic heterocycles. The molecule has 0 radical (unpaired) electrons. The second-order valence-corrected chi connectivity index (χ2v) is 6.63. The summed E-state index contributed by atoms with van der Waals surface area (Å²) in [7, 11) is 1.61. The third-order valence-electron chi connectivity index (χ3n) is 4.85. The quantitative estimate of drug-likeness (QED) is 0.731. The minimum absolute atomic E-state index is 0.163. The Morgan fingerprint density at radius 2 is 2.00 bits per heavy atom. The van der Waals surface area contributed by atoms with Crippen LogP contribution in [0.15, 0.2) is 48.5 Å². The predicted molar refractivity (Wildman–Crippen MR) is 104 cm³/mol. The zero-order valence-electron chi connectivity index (χ0n) is 15.1. The first-order chi connectivity index (χ1) is 13.1. The van der Waals surface area contributed by atoms with Gasteiger partial charge in [-0.1, -0.05) is 12.1 Å². The Morgan fingerprint density at radius 3 is 2.70 bits per heavy atom. The molecular weight excluding hydrogens is 342 g/mol. The van der Waals surface area contributed by atoms with E-state index >= 15 is 0 Å².